The van der Waals surface area contributed by atoms with Gasteiger partial charge in [-0.1, -0.05) is 24.3 Å². The van der Waals surface area contributed by atoms with E-state index in [4.69, 9.17) is 9.47 Å². The molecule has 1 unspecified atom stereocenters. The number of ether oxygens (including phenoxy) is 2. The summed E-state index contributed by atoms with van der Waals surface area (Å²) in [7, 11) is 1.33. The molecule has 1 amide bonds. The normalized spacial score (nSPS) is 18.6. The van der Waals surface area contributed by atoms with Crippen LogP contribution in [0.25, 0.3) is 10.8 Å². The van der Waals surface area contributed by atoms with E-state index in [1.165, 1.54) is 13.3 Å². The molecule has 5 nitrogen and oxygen atoms in total. The highest BCUT2D eigenvalue weighted by Crippen LogP contribution is 2.42. The van der Waals surface area contributed by atoms with E-state index >= 15 is 0 Å². The first-order valence-corrected chi connectivity index (χ1v) is 8.37. The Morgan fingerprint density at radius 2 is 2.07 bits per heavy atom. The minimum absolute atomic E-state index is 0.0273. The number of methoxy groups -OCH3 is 1. The molecule has 7 heteroatoms. The monoisotopic (exact) mass is 370 g/mol. The quantitative estimate of drug-likeness (QED) is 0.762. The molecule has 1 aliphatic rings. The third-order valence-electron chi connectivity index (χ3n) is 4.78. The standard InChI is InChI=1S/C20H16F2N2O3/c1-26-20(6-7-27-18-15(20)8-13(21)9-16(18)22)19(25)24-17-11-23-10-12-4-2-3-5-14(12)17/h2-5,8-11H,6-7H2,1H3,(H,24,25). The Bertz CT molecular complexity index is 1040. The van der Waals surface area contributed by atoms with E-state index in [2.05, 4.69) is 10.3 Å². The number of carbonyl (C=O) groups is 1. The van der Waals surface area contributed by atoms with Gasteiger partial charge in [0, 0.05) is 42.1 Å². The molecule has 1 aromatic heterocycles. The second-order valence-electron chi connectivity index (χ2n) is 6.26. The van der Waals surface area contributed by atoms with E-state index in [0.717, 1.165) is 22.9 Å². The molecule has 0 radical (unpaired) electrons. The van der Waals surface area contributed by atoms with Gasteiger partial charge >= 0.3 is 0 Å². The number of pyridine rings is 1. The van der Waals surface area contributed by atoms with E-state index in [1.54, 1.807) is 6.20 Å². The van der Waals surface area contributed by atoms with Gasteiger partial charge in [-0.2, -0.15) is 0 Å². The second kappa shape index (κ2) is 6.59. The molecule has 0 bridgehead atoms. The Morgan fingerprint density at radius 3 is 2.89 bits per heavy atom. The highest BCUT2D eigenvalue weighted by Gasteiger charge is 2.46. The number of aromatic nitrogens is 1. The zero-order valence-electron chi connectivity index (χ0n) is 14.5. The molecule has 0 saturated carbocycles. The number of hydrogen-bond donors (Lipinski definition) is 1. The highest BCUT2D eigenvalue weighted by molar-refractivity contribution is 6.05. The summed E-state index contributed by atoms with van der Waals surface area (Å²) in [5.74, 6) is -2.39. The smallest absolute Gasteiger partial charge is 0.261 e. The van der Waals surface area contributed by atoms with Gasteiger partial charge in [-0.15, -0.1) is 0 Å². The van der Waals surface area contributed by atoms with Crippen LogP contribution in [-0.2, 0) is 15.1 Å². The first kappa shape index (κ1) is 17.4. The van der Waals surface area contributed by atoms with E-state index in [9.17, 15) is 13.6 Å². The highest BCUT2D eigenvalue weighted by atomic mass is 19.1. The number of fused-ring (bicyclic) bond motifs is 2. The lowest BCUT2D eigenvalue weighted by atomic mass is 9.86. The number of amides is 1. The van der Waals surface area contributed by atoms with Crippen LogP contribution in [0.4, 0.5) is 14.5 Å². The topological polar surface area (TPSA) is 60.5 Å². The molecule has 0 aliphatic carbocycles. The molecule has 0 spiro atoms. The third-order valence-corrected chi connectivity index (χ3v) is 4.78. The molecule has 1 aliphatic heterocycles. The largest absolute Gasteiger partial charge is 0.490 e. The molecular formula is C20H16F2N2O3. The lowest BCUT2D eigenvalue weighted by Gasteiger charge is -2.36. The summed E-state index contributed by atoms with van der Waals surface area (Å²) in [6.45, 7) is 0.0601. The molecule has 0 saturated heterocycles. The summed E-state index contributed by atoms with van der Waals surface area (Å²) >= 11 is 0. The number of hydrogen-bond acceptors (Lipinski definition) is 4. The van der Waals surface area contributed by atoms with Crippen molar-refractivity contribution in [2.24, 2.45) is 0 Å². The predicted molar refractivity (Wildman–Crippen MR) is 95.5 cm³/mol. The van der Waals surface area contributed by atoms with Crippen molar-refractivity contribution in [3.8, 4) is 5.75 Å². The lowest BCUT2D eigenvalue weighted by molar-refractivity contribution is -0.142. The Balaban J connectivity index is 1.79. The zero-order valence-corrected chi connectivity index (χ0v) is 14.5. The first-order valence-electron chi connectivity index (χ1n) is 8.37. The number of halogens is 2. The fourth-order valence-corrected chi connectivity index (χ4v) is 3.42. The van der Waals surface area contributed by atoms with Gasteiger partial charge in [0.1, 0.15) is 5.82 Å². The second-order valence-corrected chi connectivity index (χ2v) is 6.26. The Labute approximate surface area is 153 Å². The minimum Gasteiger partial charge on any atom is -0.490 e. The van der Waals surface area contributed by atoms with Crippen molar-refractivity contribution in [2.45, 2.75) is 12.0 Å². The Hall–Kier alpha value is -3.06. The van der Waals surface area contributed by atoms with Crippen LogP contribution in [0.2, 0.25) is 0 Å². The van der Waals surface area contributed by atoms with Crippen LogP contribution in [0.3, 0.4) is 0 Å². The summed E-state index contributed by atoms with van der Waals surface area (Å²) in [5.41, 5.74) is -1.06. The maximum atomic E-state index is 14.1. The molecule has 1 N–H and O–H groups in total. The molecule has 138 valence electrons. The van der Waals surface area contributed by atoms with Gasteiger partial charge in [0.15, 0.2) is 17.2 Å². The number of nitrogens with one attached hydrogen (secondary N) is 1. The summed E-state index contributed by atoms with van der Waals surface area (Å²) in [6, 6.07) is 9.23. The number of nitrogens with zero attached hydrogens (tertiary/aromatic N) is 1. The number of anilines is 1. The van der Waals surface area contributed by atoms with Gasteiger partial charge < -0.3 is 14.8 Å². The van der Waals surface area contributed by atoms with Crippen LogP contribution >= 0.6 is 0 Å². The number of benzene rings is 2. The fourth-order valence-electron chi connectivity index (χ4n) is 3.42. The maximum absolute atomic E-state index is 14.1. The SMILES string of the molecule is COC1(C(=O)Nc2cncc3ccccc23)CCOc2c(F)cc(F)cc21. The summed E-state index contributed by atoms with van der Waals surface area (Å²) in [6.07, 6.45) is 3.32. The molecule has 27 heavy (non-hydrogen) atoms. The maximum Gasteiger partial charge on any atom is 0.261 e. The van der Waals surface area contributed by atoms with Gasteiger partial charge in [0.25, 0.3) is 5.91 Å². The molecule has 1 atom stereocenters. The van der Waals surface area contributed by atoms with Crippen molar-refractivity contribution in [3.05, 3.63) is 66.0 Å². The zero-order chi connectivity index (χ0) is 19.0. The van der Waals surface area contributed by atoms with E-state index in [1.807, 2.05) is 24.3 Å². The molecule has 4 rings (SSSR count). The Kier molecular flexibility index (Phi) is 4.24. The van der Waals surface area contributed by atoms with Gasteiger partial charge in [0.05, 0.1) is 18.5 Å². The summed E-state index contributed by atoms with van der Waals surface area (Å²) in [5, 5.41) is 4.45. The van der Waals surface area contributed by atoms with Crippen LogP contribution in [0, 0.1) is 11.6 Å². The minimum atomic E-state index is -1.58. The van der Waals surface area contributed by atoms with Crippen LogP contribution in [0.15, 0.2) is 48.8 Å². The molecule has 0 fully saturated rings. The molecular weight excluding hydrogens is 354 g/mol. The third kappa shape index (κ3) is 2.80. The van der Waals surface area contributed by atoms with Crippen LogP contribution in [0.1, 0.15) is 12.0 Å². The van der Waals surface area contributed by atoms with Crippen molar-refractivity contribution in [1.82, 2.24) is 4.98 Å². The molecule has 2 aromatic carbocycles. The van der Waals surface area contributed by atoms with Crippen molar-refractivity contribution in [2.75, 3.05) is 19.0 Å². The van der Waals surface area contributed by atoms with Crippen molar-refractivity contribution >= 4 is 22.4 Å². The first-order chi connectivity index (χ1) is 13.0. The van der Waals surface area contributed by atoms with E-state index in [-0.39, 0.29) is 24.3 Å². The van der Waals surface area contributed by atoms with E-state index in [0.29, 0.717) is 5.69 Å². The van der Waals surface area contributed by atoms with Gasteiger partial charge in [0.2, 0.25) is 0 Å². The van der Waals surface area contributed by atoms with Crippen molar-refractivity contribution in [3.63, 3.8) is 0 Å². The lowest BCUT2D eigenvalue weighted by Crippen LogP contribution is -2.46. The summed E-state index contributed by atoms with van der Waals surface area (Å²) < 4.78 is 38.8. The van der Waals surface area contributed by atoms with Crippen LogP contribution < -0.4 is 10.1 Å². The van der Waals surface area contributed by atoms with E-state index < -0.39 is 23.1 Å². The van der Waals surface area contributed by atoms with Crippen LogP contribution in [-0.4, -0.2) is 24.6 Å². The number of rotatable bonds is 3. The molecule has 2 heterocycles. The fraction of sp³-hybridized carbons (Fsp3) is 0.200. The van der Waals surface area contributed by atoms with Crippen molar-refractivity contribution < 1.29 is 23.0 Å². The van der Waals surface area contributed by atoms with Crippen LogP contribution in [0.5, 0.6) is 5.75 Å². The Morgan fingerprint density at radius 1 is 1.26 bits per heavy atom. The number of carbonyl (C=O) groups excluding carboxylic acids is 1. The predicted octanol–water partition coefficient (Wildman–Crippen LogP) is 3.78. The molecule has 3 aromatic rings. The average Bonchev–Trinajstić information content (AvgIpc) is 2.68. The summed E-state index contributed by atoms with van der Waals surface area (Å²) in [4.78, 5) is 17.3. The average molecular weight is 370 g/mol. The van der Waals surface area contributed by atoms with Gasteiger partial charge in [-0.05, 0) is 6.07 Å². The van der Waals surface area contributed by atoms with Crippen molar-refractivity contribution in [1.29, 1.82) is 0 Å². The van der Waals surface area contributed by atoms with Gasteiger partial charge in [-0.25, -0.2) is 8.78 Å². The van der Waals surface area contributed by atoms with Gasteiger partial charge in [-0.3, -0.25) is 9.78 Å².